The summed E-state index contributed by atoms with van der Waals surface area (Å²) in [6, 6.07) is 1.50. The van der Waals surface area contributed by atoms with Crippen LogP contribution in [0.15, 0.2) is 22.2 Å². The number of amides is 1. The monoisotopic (exact) mass is 375 g/mol. The maximum absolute atomic E-state index is 12.0. The van der Waals surface area contributed by atoms with E-state index in [0.29, 0.717) is 16.7 Å². The molecule has 0 atom stereocenters. The summed E-state index contributed by atoms with van der Waals surface area (Å²) in [6.45, 7) is 2.61. The van der Waals surface area contributed by atoms with Crippen molar-refractivity contribution in [3.8, 4) is 0 Å². The molecule has 23 heavy (non-hydrogen) atoms. The first kappa shape index (κ1) is 17.8. The molecule has 2 heterocycles. The molecule has 0 radical (unpaired) electrons. The van der Waals surface area contributed by atoms with E-state index in [4.69, 9.17) is 23.2 Å². The Balaban J connectivity index is 1.95. The van der Waals surface area contributed by atoms with Gasteiger partial charge in [0.1, 0.15) is 0 Å². The number of thioether (sulfide) groups is 1. The van der Waals surface area contributed by atoms with E-state index in [9.17, 15) is 9.59 Å². The van der Waals surface area contributed by atoms with Gasteiger partial charge in [0.25, 0.3) is 0 Å². The molecule has 7 nitrogen and oxygen atoms in total. The zero-order valence-corrected chi connectivity index (χ0v) is 14.6. The summed E-state index contributed by atoms with van der Waals surface area (Å²) in [4.78, 5) is 27.6. The van der Waals surface area contributed by atoms with Gasteiger partial charge in [0, 0.05) is 12.7 Å². The zero-order valence-electron chi connectivity index (χ0n) is 12.3. The van der Waals surface area contributed by atoms with Crippen molar-refractivity contribution in [2.75, 3.05) is 11.1 Å². The van der Waals surface area contributed by atoms with Crippen molar-refractivity contribution in [1.29, 1.82) is 0 Å². The quantitative estimate of drug-likeness (QED) is 0.725. The number of unbranched alkanes of at least 4 members (excludes halogenated alkanes) is 1. The van der Waals surface area contributed by atoms with Crippen molar-refractivity contribution in [2.45, 2.75) is 31.5 Å². The molecule has 2 rings (SSSR count). The number of hydrogen-bond acceptors (Lipinski definition) is 5. The van der Waals surface area contributed by atoms with Gasteiger partial charge in [-0.1, -0.05) is 48.3 Å². The molecule has 124 valence electrons. The largest absolute Gasteiger partial charge is 0.343 e. The molecular formula is C13H15Cl2N5O2S. The van der Waals surface area contributed by atoms with Crippen LogP contribution >= 0.6 is 35.0 Å². The van der Waals surface area contributed by atoms with Gasteiger partial charge in [-0.2, -0.15) is 0 Å². The van der Waals surface area contributed by atoms with Crippen LogP contribution in [0.5, 0.6) is 0 Å². The second-order valence-electron chi connectivity index (χ2n) is 4.64. The number of anilines is 1. The van der Waals surface area contributed by atoms with Crippen LogP contribution in [0.4, 0.5) is 5.82 Å². The van der Waals surface area contributed by atoms with Crippen molar-refractivity contribution < 1.29 is 4.79 Å². The summed E-state index contributed by atoms with van der Waals surface area (Å²) < 4.78 is 1.52. The molecule has 0 aliphatic heterocycles. The van der Waals surface area contributed by atoms with Crippen LogP contribution in [0.3, 0.4) is 0 Å². The Bertz CT molecular complexity index is 746. The molecule has 10 heteroatoms. The molecule has 0 saturated carbocycles. The maximum atomic E-state index is 12.0. The molecule has 0 spiro atoms. The van der Waals surface area contributed by atoms with Crippen LogP contribution in [-0.4, -0.2) is 31.4 Å². The first-order valence-corrected chi connectivity index (χ1v) is 8.64. The highest BCUT2D eigenvalue weighted by atomic mass is 35.5. The number of halogens is 2. The number of H-pyrrole nitrogens is 1. The van der Waals surface area contributed by atoms with Crippen LogP contribution in [0.25, 0.3) is 0 Å². The van der Waals surface area contributed by atoms with Gasteiger partial charge in [-0.05, 0) is 12.5 Å². The molecule has 0 saturated heterocycles. The van der Waals surface area contributed by atoms with Gasteiger partial charge in [0.05, 0.1) is 15.8 Å². The van der Waals surface area contributed by atoms with Crippen LogP contribution < -0.4 is 11.0 Å². The summed E-state index contributed by atoms with van der Waals surface area (Å²) in [6.07, 6.45) is 3.22. The average molecular weight is 376 g/mol. The number of carbonyl (C=O) groups excluding carboxylic acids is 1. The van der Waals surface area contributed by atoms with E-state index in [1.165, 1.54) is 28.6 Å². The maximum Gasteiger partial charge on any atom is 0.343 e. The van der Waals surface area contributed by atoms with Crippen molar-refractivity contribution >= 4 is 46.7 Å². The molecule has 0 fully saturated rings. The lowest BCUT2D eigenvalue weighted by molar-refractivity contribution is -0.113. The Kier molecular flexibility index (Phi) is 6.49. The minimum absolute atomic E-state index is 0.0804. The molecule has 1 amide bonds. The summed E-state index contributed by atoms with van der Waals surface area (Å²) in [5.74, 6) is 0.0214. The number of nitrogens with zero attached hydrogens (tertiary/aromatic N) is 3. The molecule has 2 aromatic rings. The smallest absolute Gasteiger partial charge is 0.309 e. The van der Waals surface area contributed by atoms with Gasteiger partial charge in [-0.15, -0.1) is 5.10 Å². The normalized spacial score (nSPS) is 10.7. The number of pyridine rings is 1. The van der Waals surface area contributed by atoms with Crippen LogP contribution in [0.2, 0.25) is 10.0 Å². The summed E-state index contributed by atoms with van der Waals surface area (Å²) in [5.41, 5.74) is -0.274. The van der Waals surface area contributed by atoms with Crippen LogP contribution in [0, 0.1) is 0 Å². The average Bonchev–Trinajstić information content (AvgIpc) is 2.86. The molecular weight excluding hydrogens is 361 g/mol. The number of carbonyl (C=O) groups is 1. The SMILES string of the molecule is CCCCn1c(SCC(=O)Nc2ncc(Cl)cc2Cl)n[nH]c1=O. The predicted octanol–water partition coefficient (Wildman–Crippen LogP) is 2.80. The van der Waals surface area contributed by atoms with E-state index in [-0.39, 0.29) is 28.2 Å². The van der Waals surface area contributed by atoms with Gasteiger partial charge in [-0.25, -0.2) is 14.9 Å². The van der Waals surface area contributed by atoms with Crippen molar-refractivity contribution in [3.63, 3.8) is 0 Å². The van der Waals surface area contributed by atoms with Crippen molar-refractivity contribution in [2.24, 2.45) is 0 Å². The highest BCUT2D eigenvalue weighted by Crippen LogP contribution is 2.23. The summed E-state index contributed by atoms with van der Waals surface area (Å²) >= 11 is 12.9. The Morgan fingerprint density at radius 3 is 2.96 bits per heavy atom. The standard InChI is InChI=1S/C13H15Cl2N5O2S/c1-2-3-4-20-12(22)18-19-13(20)23-7-10(21)17-11-9(15)5-8(14)6-16-11/h5-6H,2-4,7H2,1H3,(H,18,22)(H,16,17,21). The first-order valence-electron chi connectivity index (χ1n) is 6.90. The van der Waals surface area contributed by atoms with E-state index in [1.54, 1.807) is 0 Å². The van der Waals surface area contributed by atoms with E-state index >= 15 is 0 Å². The predicted molar refractivity (Wildman–Crippen MR) is 91.4 cm³/mol. The number of aromatic amines is 1. The van der Waals surface area contributed by atoms with Gasteiger partial charge in [-0.3, -0.25) is 9.36 Å². The minimum Gasteiger partial charge on any atom is -0.309 e. The number of aromatic nitrogens is 4. The minimum atomic E-state index is -0.302. The van der Waals surface area contributed by atoms with Crippen LogP contribution in [0.1, 0.15) is 19.8 Å². The fourth-order valence-electron chi connectivity index (χ4n) is 1.73. The molecule has 0 aliphatic carbocycles. The summed E-state index contributed by atoms with van der Waals surface area (Å²) in [7, 11) is 0. The van der Waals surface area contributed by atoms with E-state index < -0.39 is 0 Å². The van der Waals surface area contributed by atoms with Crippen molar-refractivity contribution in [1.82, 2.24) is 19.7 Å². The lowest BCUT2D eigenvalue weighted by atomic mass is 10.3. The Morgan fingerprint density at radius 2 is 2.26 bits per heavy atom. The summed E-state index contributed by atoms with van der Waals surface area (Å²) in [5, 5.41) is 10.0. The second-order valence-corrected chi connectivity index (χ2v) is 6.42. The molecule has 0 unspecified atom stereocenters. The lowest BCUT2D eigenvalue weighted by Gasteiger charge is -2.07. The molecule has 0 bridgehead atoms. The van der Waals surface area contributed by atoms with Gasteiger partial charge in [0.2, 0.25) is 5.91 Å². The van der Waals surface area contributed by atoms with E-state index in [2.05, 4.69) is 20.5 Å². The van der Waals surface area contributed by atoms with E-state index in [1.807, 2.05) is 6.92 Å². The highest BCUT2D eigenvalue weighted by Gasteiger charge is 2.12. The fraction of sp³-hybridized carbons (Fsp3) is 0.385. The van der Waals surface area contributed by atoms with E-state index in [0.717, 1.165) is 12.8 Å². The Labute approximate surface area is 146 Å². The van der Waals surface area contributed by atoms with Crippen molar-refractivity contribution in [3.05, 3.63) is 32.8 Å². The lowest BCUT2D eigenvalue weighted by Crippen LogP contribution is -2.19. The van der Waals surface area contributed by atoms with Gasteiger partial charge in [0.15, 0.2) is 11.0 Å². The fourth-order valence-corrected chi connectivity index (χ4v) is 2.93. The Morgan fingerprint density at radius 1 is 1.48 bits per heavy atom. The van der Waals surface area contributed by atoms with Gasteiger partial charge < -0.3 is 5.32 Å². The molecule has 0 aromatic carbocycles. The number of hydrogen-bond donors (Lipinski definition) is 2. The molecule has 0 aliphatic rings. The number of rotatable bonds is 7. The third-order valence-electron chi connectivity index (χ3n) is 2.86. The third-order valence-corrected chi connectivity index (χ3v) is 4.33. The highest BCUT2D eigenvalue weighted by molar-refractivity contribution is 7.99. The third kappa shape index (κ3) is 4.98. The molecule has 2 N–H and O–H groups in total. The topological polar surface area (TPSA) is 92.7 Å². The zero-order chi connectivity index (χ0) is 16.8. The van der Waals surface area contributed by atoms with Gasteiger partial charge >= 0.3 is 5.69 Å². The second kappa shape index (κ2) is 8.37. The first-order chi connectivity index (χ1) is 11.0. The number of nitrogens with one attached hydrogen (secondary N) is 2. The Hall–Kier alpha value is -1.51. The van der Waals surface area contributed by atoms with Crippen LogP contribution in [-0.2, 0) is 11.3 Å². The molecule has 2 aromatic heterocycles.